The maximum Gasteiger partial charge on any atom is 0.306 e. The smallest absolute Gasteiger partial charge is 0.306 e. The number of esters is 1. The largest absolute Gasteiger partial charge is 0.490 e. The van der Waals surface area contributed by atoms with Gasteiger partial charge >= 0.3 is 5.97 Å². The molecule has 1 unspecified atom stereocenters. The average molecular weight is 703 g/mol. The Hall–Kier alpha value is -3.62. The highest BCUT2D eigenvalue weighted by Gasteiger charge is 2.42. The van der Waals surface area contributed by atoms with Crippen LogP contribution in [-0.2, 0) is 38.4 Å². The molecule has 2 bridgehead atoms. The highest BCUT2D eigenvalue weighted by molar-refractivity contribution is 7.75. The van der Waals surface area contributed by atoms with Gasteiger partial charge in [-0.25, -0.2) is 0 Å². The van der Waals surface area contributed by atoms with Crippen LogP contribution in [0.15, 0.2) is 83.2 Å². The molecule has 0 aromatic heterocycles. The summed E-state index contributed by atoms with van der Waals surface area (Å²) in [6, 6.07) is 21.5. The van der Waals surface area contributed by atoms with Crippen molar-refractivity contribution >= 4 is 39.8 Å². The first-order valence-corrected chi connectivity index (χ1v) is 19.3. The monoisotopic (exact) mass is 702 g/mol. The van der Waals surface area contributed by atoms with Crippen molar-refractivity contribution in [3.63, 3.8) is 0 Å². The maximum atomic E-state index is 13.5. The van der Waals surface area contributed by atoms with Gasteiger partial charge in [-0.3, -0.25) is 13.8 Å². The Balaban J connectivity index is 1.29. The van der Waals surface area contributed by atoms with Gasteiger partial charge in [-0.1, -0.05) is 74.8 Å². The minimum atomic E-state index is -2.24. The van der Waals surface area contributed by atoms with Crippen molar-refractivity contribution in [2.45, 2.75) is 70.8 Å². The van der Waals surface area contributed by atoms with Crippen molar-refractivity contribution in [3.05, 3.63) is 106 Å². The molecule has 1 amide bonds. The van der Waals surface area contributed by atoms with Gasteiger partial charge in [0.05, 0.1) is 12.3 Å². The fraction of sp³-hybridized carbons (Fsp3) is 0.450. The standard InChI is InChI=1S/C40H47ClN2O5S/c1-27-9-7-13-36(48-38(44)19-14-30-10-5-4-6-11-30)29(3)24-49(46)42-39(45)32-15-18-37-35(22-32)43(23-28(27)2)25-40(26-47-37)20-8-12-31-21-33(41)16-17-34(31)40/h4-7,10-11,13,15-18,21-22,27-29,36,49H,8-9,12,14,19-20,23-26H2,1-3H3/b13-7+/t27-,28-,29+,36-,40-/m0/s1. The fourth-order valence-electron chi connectivity index (χ4n) is 7.43. The number of halogens is 1. The fourth-order valence-corrected chi connectivity index (χ4v) is 8.73. The van der Waals surface area contributed by atoms with Gasteiger partial charge in [0.25, 0.3) is 5.91 Å². The maximum absolute atomic E-state index is 13.5. The number of hydrogen-bond acceptors (Lipinski definition) is 6. The molecule has 7 nitrogen and oxygen atoms in total. The Morgan fingerprint density at radius 3 is 2.69 bits per heavy atom. The van der Waals surface area contributed by atoms with Gasteiger partial charge in [-0.05, 0) is 97.0 Å². The molecule has 1 aliphatic carbocycles. The number of hydrogen-bond donors (Lipinski definition) is 1. The number of amides is 1. The van der Waals surface area contributed by atoms with Crippen LogP contribution in [0.25, 0.3) is 0 Å². The summed E-state index contributed by atoms with van der Waals surface area (Å²) in [7, 11) is -2.24. The van der Waals surface area contributed by atoms with Crippen molar-refractivity contribution in [2.24, 2.45) is 22.1 Å². The Kier molecular flexibility index (Phi) is 11.1. The lowest BCUT2D eigenvalue weighted by Crippen LogP contribution is -2.47. The van der Waals surface area contributed by atoms with Crippen LogP contribution in [0, 0.1) is 17.8 Å². The van der Waals surface area contributed by atoms with Crippen LogP contribution >= 0.6 is 11.6 Å². The number of rotatable bonds is 4. The molecular formula is C40H47ClN2O5S. The van der Waals surface area contributed by atoms with Gasteiger partial charge in [0.2, 0.25) is 0 Å². The number of benzene rings is 3. The topological polar surface area (TPSA) is 85.3 Å². The first-order chi connectivity index (χ1) is 23.6. The van der Waals surface area contributed by atoms with Crippen LogP contribution in [0.2, 0.25) is 5.02 Å². The third-order valence-electron chi connectivity index (χ3n) is 10.5. The van der Waals surface area contributed by atoms with E-state index in [0.717, 1.165) is 60.8 Å². The van der Waals surface area contributed by atoms with Crippen molar-refractivity contribution in [2.75, 3.05) is 30.3 Å². The van der Waals surface area contributed by atoms with Crippen LogP contribution < -0.4 is 9.64 Å². The van der Waals surface area contributed by atoms with Gasteiger partial charge in [0.1, 0.15) is 11.9 Å². The van der Waals surface area contributed by atoms with E-state index in [1.165, 1.54) is 11.1 Å². The molecule has 3 aromatic carbocycles. The zero-order chi connectivity index (χ0) is 34.5. The molecule has 3 aromatic rings. The van der Waals surface area contributed by atoms with E-state index >= 15 is 0 Å². The zero-order valence-electron chi connectivity index (χ0n) is 28.6. The number of carbonyl (C=O) groups is 2. The van der Waals surface area contributed by atoms with E-state index < -0.39 is 22.6 Å². The van der Waals surface area contributed by atoms with Crippen LogP contribution in [0.1, 0.15) is 73.5 Å². The number of thiol groups is 1. The quantitative estimate of drug-likeness (QED) is 0.168. The lowest BCUT2D eigenvalue weighted by molar-refractivity contribution is -0.148. The van der Waals surface area contributed by atoms with Crippen LogP contribution in [-0.4, -0.2) is 47.6 Å². The van der Waals surface area contributed by atoms with Crippen LogP contribution in [0.5, 0.6) is 5.75 Å². The number of allylic oxidation sites excluding steroid dienone is 1. The number of aryl methyl sites for hydroxylation is 2. The highest BCUT2D eigenvalue weighted by Crippen LogP contribution is 2.45. The van der Waals surface area contributed by atoms with E-state index in [2.05, 4.69) is 41.3 Å². The normalized spacial score (nSPS) is 28.4. The molecule has 0 N–H and O–H groups in total. The molecule has 0 saturated carbocycles. The molecule has 3 aliphatic rings. The predicted molar refractivity (Wildman–Crippen MR) is 197 cm³/mol. The van der Waals surface area contributed by atoms with Crippen molar-refractivity contribution in [3.8, 4) is 5.75 Å². The number of ether oxygens (including phenoxy) is 2. The second-order valence-corrected chi connectivity index (χ2v) is 16.0. The summed E-state index contributed by atoms with van der Waals surface area (Å²) in [6.07, 6.45) is 8.11. The molecule has 2 aliphatic heterocycles. The van der Waals surface area contributed by atoms with Crippen molar-refractivity contribution in [1.29, 1.82) is 0 Å². The Morgan fingerprint density at radius 2 is 1.88 bits per heavy atom. The molecule has 6 atom stereocenters. The first kappa shape index (κ1) is 35.2. The first-order valence-electron chi connectivity index (χ1n) is 17.5. The van der Waals surface area contributed by atoms with Gasteiger partial charge < -0.3 is 14.4 Å². The summed E-state index contributed by atoms with van der Waals surface area (Å²) in [4.78, 5) is 28.8. The number of fused-ring (bicyclic) bond motifs is 3. The Labute approximate surface area is 297 Å². The molecule has 0 fully saturated rings. The zero-order valence-corrected chi connectivity index (χ0v) is 30.3. The molecule has 260 valence electrons. The highest BCUT2D eigenvalue weighted by atomic mass is 35.5. The summed E-state index contributed by atoms with van der Waals surface area (Å²) in [6.45, 7) is 8.45. The van der Waals surface area contributed by atoms with Gasteiger partial charge in [-0.15, -0.1) is 0 Å². The van der Waals surface area contributed by atoms with Crippen molar-refractivity contribution in [1.82, 2.24) is 0 Å². The predicted octanol–water partition coefficient (Wildman–Crippen LogP) is 8.03. The molecule has 6 rings (SSSR count). The molecule has 1 spiro atoms. The van der Waals surface area contributed by atoms with Crippen LogP contribution in [0.3, 0.4) is 0 Å². The number of nitrogens with zero attached hydrogens (tertiary/aromatic N) is 2. The third kappa shape index (κ3) is 8.41. The summed E-state index contributed by atoms with van der Waals surface area (Å²) in [5, 5.41) is 0.748. The summed E-state index contributed by atoms with van der Waals surface area (Å²) >= 11 is 6.43. The van der Waals surface area contributed by atoms with E-state index in [9.17, 15) is 13.8 Å². The van der Waals surface area contributed by atoms with Crippen molar-refractivity contribution < 1.29 is 23.3 Å². The number of carbonyl (C=O) groups excluding carboxylic acids is 2. The SMILES string of the molecule is C[C@@H]1C/[SH](=O)=N\C(=O)c2ccc3c(c2)N(C[C@H](C)[C@@H](C)C/C=C/[C@@H]1OC(=O)CCc1ccccc1)C[C@@]1(CCCc2cc(Cl)ccc21)CO3. The second-order valence-electron chi connectivity index (χ2n) is 14.3. The summed E-state index contributed by atoms with van der Waals surface area (Å²) in [5.41, 5.74) is 4.65. The van der Waals surface area contributed by atoms with E-state index in [1.54, 1.807) is 6.07 Å². The minimum Gasteiger partial charge on any atom is -0.490 e. The molecular weight excluding hydrogens is 656 g/mol. The molecule has 0 saturated heterocycles. The second kappa shape index (κ2) is 15.5. The van der Waals surface area contributed by atoms with Gasteiger partial charge in [0.15, 0.2) is 0 Å². The van der Waals surface area contributed by atoms with E-state index in [0.29, 0.717) is 24.5 Å². The molecule has 49 heavy (non-hydrogen) atoms. The lowest BCUT2D eigenvalue weighted by Gasteiger charge is -2.41. The van der Waals surface area contributed by atoms with E-state index in [1.807, 2.05) is 61.5 Å². The van der Waals surface area contributed by atoms with E-state index in [-0.39, 0.29) is 35.4 Å². The average Bonchev–Trinajstić information content (AvgIpc) is 3.23. The molecule has 0 radical (unpaired) electrons. The van der Waals surface area contributed by atoms with Gasteiger partial charge in [-0.2, -0.15) is 4.36 Å². The molecule has 2 heterocycles. The van der Waals surface area contributed by atoms with E-state index in [4.69, 9.17) is 21.1 Å². The minimum absolute atomic E-state index is 0.125. The summed E-state index contributed by atoms with van der Waals surface area (Å²) in [5.74, 6) is 0.348. The lowest BCUT2D eigenvalue weighted by atomic mass is 9.70. The number of anilines is 1. The summed E-state index contributed by atoms with van der Waals surface area (Å²) < 4.78 is 29.9. The Morgan fingerprint density at radius 1 is 1.06 bits per heavy atom. The Bertz CT molecular complexity index is 1790. The molecule has 9 heteroatoms. The third-order valence-corrected chi connectivity index (χ3v) is 12.1. The van der Waals surface area contributed by atoms with Crippen LogP contribution in [0.4, 0.5) is 5.69 Å². The van der Waals surface area contributed by atoms with Gasteiger partial charge in [0, 0.05) is 57.8 Å².